The lowest BCUT2D eigenvalue weighted by molar-refractivity contribution is -0.139. The number of rotatable bonds is 3. The van der Waals surface area contributed by atoms with E-state index in [4.69, 9.17) is 0 Å². The third kappa shape index (κ3) is 5.11. The fourth-order valence-corrected chi connectivity index (χ4v) is 1.61. The van der Waals surface area contributed by atoms with Gasteiger partial charge in [-0.05, 0) is 12.8 Å². The molecule has 13 heavy (non-hydrogen) atoms. The Balaban J connectivity index is 0.00000144. The Labute approximate surface area is 85.6 Å². The topological polar surface area (TPSA) is 38.3 Å². The molecule has 0 unspecified atom stereocenters. The van der Waals surface area contributed by atoms with Crippen molar-refractivity contribution in [3.05, 3.63) is 0 Å². The minimum absolute atomic E-state index is 0. The van der Waals surface area contributed by atoms with Crippen molar-refractivity contribution in [3.63, 3.8) is 0 Å². The van der Waals surface area contributed by atoms with Gasteiger partial charge in [0.1, 0.15) is 0 Å². The van der Waals surface area contributed by atoms with E-state index in [1.807, 2.05) is 0 Å². The molecule has 78 valence electrons. The molecule has 1 saturated carbocycles. The summed E-state index contributed by atoms with van der Waals surface area (Å²) in [5.41, 5.74) is 0. The van der Waals surface area contributed by atoms with Crippen molar-refractivity contribution in [3.8, 4) is 0 Å². The van der Waals surface area contributed by atoms with Crippen LogP contribution in [0.15, 0.2) is 0 Å². The van der Waals surface area contributed by atoms with Crippen molar-refractivity contribution >= 4 is 18.4 Å². The van der Waals surface area contributed by atoms with E-state index in [0.717, 1.165) is 0 Å². The van der Waals surface area contributed by atoms with Crippen molar-refractivity contribution < 1.29 is 9.53 Å². The lowest BCUT2D eigenvalue weighted by Gasteiger charge is -2.21. The molecular weight excluding hydrogens is 190 g/mol. The fourth-order valence-electron chi connectivity index (χ4n) is 1.61. The van der Waals surface area contributed by atoms with E-state index in [9.17, 15) is 4.79 Å². The molecule has 0 aromatic rings. The zero-order chi connectivity index (χ0) is 8.81. The van der Waals surface area contributed by atoms with Crippen LogP contribution >= 0.6 is 12.4 Å². The van der Waals surface area contributed by atoms with Crippen molar-refractivity contribution in [2.45, 2.75) is 38.1 Å². The van der Waals surface area contributed by atoms with Gasteiger partial charge in [0.25, 0.3) is 0 Å². The van der Waals surface area contributed by atoms with E-state index in [1.54, 1.807) is 0 Å². The first-order valence-electron chi connectivity index (χ1n) is 4.63. The normalized spacial score (nSPS) is 17.6. The summed E-state index contributed by atoms with van der Waals surface area (Å²) in [7, 11) is 1.42. The number of carbonyl (C=O) groups excluding carboxylic acids is 1. The van der Waals surface area contributed by atoms with Crippen LogP contribution in [0.5, 0.6) is 0 Å². The van der Waals surface area contributed by atoms with Gasteiger partial charge >= 0.3 is 5.97 Å². The van der Waals surface area contributed by atoms with Crippen molar-refractivity contribution in [1.29, 1.82) is 0 Å². The molecule has 1 rings (SSSR count). The molecule has 0 aliphatic heterocycles. The molecular formula is C9H18ClNO2. The summed E-state index contributed by atoms with van der Waals surface area (Å²) in [6.07, 6.45) is 6.34. The minimum atomic E-state index is -0.166. The number of nitrogens with one attached hydrogen (secondary N) is 1. The lowest BCUT2D eigenvalue weighted by Crippen LogP contribution is -2.35. The molecule has 0 aromatic heterocycles. The largest absolute Gasteiger partial charge is 0.468 e. The van der Waals surface area contributed by atoms with Gasteiger partial charge in [-0.1, -0.05) is 19.3 Å². The molecule has 3 nitrogen and oxygen atoms in total. The van der Waals surface area contributed by atoms with Gasteiger partial charge in [0.2, 0.25) is 0 Å². The zero-order valence-electron chi connectivity index (χ0n) is 8.04. The SMILES string of the molecule is COC(=O)CNC1CCCCC1.Cl. The highest BCUT2D eigenvalue weighted by atomic mass is 35.5. The van der Waals surface area contributed by atoms with Crippen molar-refractivity contribution in [2.75, 3.05) is 13.7 Å². The number of carbonyl (C=O) groups is 1. The minimum Gasteiger partial charge on any atom is -0.468 e. The standard InChI is InChI=1S/C9H17NO2.ClH/c1-12-9(11)7-10-8-5-3-2-4-6-8;/h8,10H,2-7H2,1H3;1H. The van der Waals surface area contributed by atoms with E-state index in [1.165, 1.54) is 39.2 Å². The first-order valence-corrected chi connectivity index (χ1v) is 4.63. The Hall–Kier alpha value is -0.280. The van der Waals surface area contributed by atoms with Crippen LogP contribution in [0.1, 0.15) is 32.1 Å². The van der Waals surface area contributed by atoms with Crippen LogP contribution in [0.25, 0.3) is 0 Å². The average molecular weight is 208 g/mol. The third-order valence-corrected chi connectivity index (χ3v) is 2.37. The van der Waals surface area contributed by atoms with Gasteiger partial charge in [0.15, 0.2) is 0 Å². The summed E-state index contributed by atoms with van der Waals surface area (Å²) in [6, 6.07) is 0.540. The summed E-state index contributed by atoms with van der Waals surface area (Å²) in [4.78, 5) is 10.8. The van der Waals surface area contributed by atoms with Gasteiger partial charge in [0, 0.05) is 6.04 Å². The summed E-state index contributed by atoms with van der Waals surface area (Å²) < 4.78 is 4.54. The Kier molecular flexibility index (Phi) is 7.00. The quantitative estimate of drug-likeness (QED) is 0.713. The van der Waals surface area contributed by atoms with Gasteiger partial charge in [-0.3, -0.25) is 4.79 Å². The molecule has 0 heterocycles. The highest BCUT2D eigenvalue weighted by Crippen LogP contribution is 2.16. The first-order chi connectivity index (χ1) is 5.83. The lowest BCUT2D eigenvalue weighted by atomic mass is 9.96. The zero-order valence-corrected chi connectivity index (χ0v) is 8.86. The molecule has 0 bridgehead atoms. The van der Waals surface area contributed by atoms with Gasteiger partial charge in [-0.25, -0.2) is 0 Å². The van der Waals surface area contributed by atoms with E-state index in [-0.39, 0.29) is 18.4 Å². The molecule has 0 saturated heterocycles. The van der Waals surface area contributed by atoms with Crippen molar-refractivity contribution in [2.24, 2.45) is 0 Å². The number of halogens is 1. The molecule has 4 heteroatoms. The molecule has 0 amide bonds. The van der Waals surface area contributed by atoms with Crippen LogP contribution in [-0.4, -0.2) is 25.7 Å². The molecule has 0 atom stereocenters. The molecule has 1 aliphatic rings. The predicted molar refractivity (Wildman–Crippen MR) is 54.1 cm³/mol. The van der Waals surface area contributed by atoms with E-state index < -0.39 is 0 Å². The maximum absolute atomic E-state index is 10.8. The van der Waals surface area contributed by atoms with Gasteiger partial charge in [0.05, 0.1) is 13.7 Å². The van der Waals surface area contributed by atoms with Crippen LogP contribution in [-0.2, 0) is 9.53 Å². The number of methoxy groups -OCH3 is 1. The second kappa shape index (κ2) is 7.15. The van der Waals surface area contributed by atoms with E-state index >= 15 is 0 Å². The predicted octanol–water partition coefficient (Wildman–Crippen LogP) is 1.50. The van der Waals surface area contributed by atoms with Crippen molar-refractivity contribution in [1.82, 2.24) is 5.32 Å². The highest BCUT2D eigenvalue weighted by molar-refractivity contribution is 5.85. The molecule has 0 aromatic carbocycles. The van der Waals surface area contributed by atoms with Gasteiger partial charge in [-0.2, -0.15) is 0 Å². The van der Waals surface area contributed by atoms with Crippen LogP contribution in [0, 0.1) is 0 Å². The second-order valence-electron chi connectivity index (χ2n) is 3.29. The number of esters is 1. The third-order valence-electron chi connectivity index (χ3n) is 2.37. The number of hydrogen-bond acceptors (Lipinski definition) is 3. The van der Waals surface area contributed by atoms with Crippen LogP contribution in [0.3, 0.4) is 0 Å². The highest BCUT2D eigenvalue weighted by Gasteiger charge is 2.13. The van der Waals surface area contributed by atoms with Crippen LogP contribution in [0.4, 0.5) is 0 Å². The summed E-state index contributed by atoms with van der Waals surface area (Å²) >= 11 is 0. The monoisotopic (exact) mass is 207 g/mol. The number of ether oxygens (including phenoxy) is 1. The Bertz CT molecular complexity index is 147. The van der Waals surface area contributed by atoms with Gasteiger partial charge in [-0.15, -0.1) is 12.4 Å². The summed E-state index contributed by atoms with van der Waals surface area (Å²) in [5, 5.41) is 3.20. The molecule has 1 fully saturated rings. The maximum atomic E-state index is 10.8. The fraction of sp³-hybridized carbons (Fsp3) is 0.889. The first kappa shape index (κ1) is 12.7. The van der Waals surface area contributed by atoms with Crippen LogP contribution < -0.4 is 5.32 Å². The molecule has 1 N–H and O–H groups in total. The van der Waals surface area contributed by atoms with Crippen LogP contribution in [0.2, 0.25) is 0 Å². The smallest absolute Gasteiger partial charge is 0.319 e. The van der Waals surface area contributed by atoms with E-state index in [0.29, 0.717) is 12.6 Å². The Morgan fingerprint density at radius 1 is 1.38 bits per heavy atom. The maximum Gasteiger partial charge on any atom is 0.319 e. The molecule has 0 spiro atoms. The molecule has 0 radical (unpaired) electrons. The Morgan fingerprint density at radius 2 is 2.00 bits per heavy atom. The summed E-state index contributed by atoms with van der Waals surface area (Å²) in [6.45, 7) is 0.362. The summed E-state index contributed by atoms with van der Waals surface area (Å²) in [5.74, 6) is -0.166. The van der Waals surface area contributed by atoms with Gasteiger partial charge < -0.3 is 10.1 Å². The van der Waals surface area contributed by atoms with E-state index in [2.05, 4.69) is 10.1 Å². The molecule has 1 aliphatic carbocycles. The Morgan fingerprint density at radius 3 is 2.54 bits per heavy atom. The second-order valence-corrected chi connectivity index (χ2v) is 3.29. The average Bonchev–Trinajstić information content (AvgIpc) is 2.16. The number of hydrogen-bond donors (Lipinski definition) is 1.